The van der Waals surface area contributed by atoms with E-state index >= 15 is 0 Å². The quantitative estimate of drug-likeness (QED) is 0.315. The minimum Gasteiger partial charge on any atom is -0.352 e. The normalized spacial score (nSPS) is 16.9. The number of benzene rings is 2. The molecule has 7 nitrogen and oxygen atoms in total. The van der Waals surface area contributed by atoms with E-state index in [1.807, 2.05) is 52.2 Å². The molecule has 2 aromatic heterocycles. The lowest BCUT2D eigenvalue weighted by Crippen LogP contribution is -2.49. The van der Waals surface area contributed by atoms with Crippen LogP contribution in [0.5, 0.6) is 0 Å². The number of para-hydroxylation sites is 1. The van der Waals surface area contributed by atoms with Crippen LogP contribution >= 0.6 is 23.2 Å². The van der Waals surface area contributed by atoms with Gasteiger partial charge in [0.1, 0.15) is 11.6 Å². The number of amides is 1. The molecule has 0 unspecified atom stereocenters. The number of piperazine rings is 1. The van der Waals surface area contributed by atoms with Gasteiger partial charge in [0.15, 0.2) is 5.65 Å². The van der Waals surface area contributed by atoms with Gasteiger partial charge in [0.2, 0.25) is 0 Å². The van der Waals surface area contributed by atoms with Crippen LogP contribution in [-0.2, 0) is 0 Å². The highest BCUT2D eigenvalue weighted by atomic mass is 35.5. The van der Waals surface area contributed by atoms with Gasteiger partial charge >= 0.3 is 0 Å². The van der Waals surface area contributed by atoms with E-state index in [1.165, 1.54) is 19.3 Å². The largest absolute Gasteiger partial charge is 0.352 e. The minimum absolute atomic E-state index is 0.0347. The Morgan fingerprint density at radius 2 is 1.54 bits per heavy atom. The fourth-order valence-corrected chi connectivity index (χ4v) is 5.85. The van der Waals surface area contributed by atoms with Crippen molar-refractivity contribution < 1.29 is 4.79 Å². The van der Waals surface area contributed by atoms with E-state index in [0.29, 0.717) is 47.7 Å². The lowest BCUT2D eigenvalue weighted by atomic mass is 9.88. The summed E-state index contributed by atoms with van der Waals surface area (Å²) in [5.74, 6) is 2.07. The smallest absolute Gasteiger partial charge is 0.255 e. The first-order chi connectivity index (χ1) is 18.1. The van der Waals surface area contributed by atoms with Gasteiger partial charge in [-0.2, -0.15) is 5.10 Å². The van der Waals surface area contributed by atoms with Gasteiger partial charge in [0.25, 0.3) is 5.91 Å². The van der Waals surface area contributed by atoms with Crippen molar-refractivity contribution in [3.63, 3.8) is 0 Å². The van der Waals surface area contributed by atoms with E-state index in [4.69, 9.17) is 33.2 Å². The van der Waals surface area contributed by atoms with Crippen molar-refractivity contribution in [2.45, 2.75) is 38.0 Å². The second-order valence-electron chi connectivity index (χ2n) is 9.74. The Morgan fingerprint density at radius 1 is 0.838 bits per heavy atom. The molecule has 37 heavy (non-hydrogen) atoms. The molecule has 2 fully saturated rings. The second kappa shape index (κ2) is 10.3. The highest BCUT2D eigenvalue weighted by Crippen LogP contribution is 2.35. The summed E-state index contributed by atoms with van der Waals surface area (Å²) in [5.41, 5.74) is 2.12. The molecule has 190 valence electrons. The van der Waals surface area contributed by atoms with Gasteiger partial charge in [-0.05, 0) is 37.1 Å². The van der Waals surface area contributed by atoms with Gasteiger partial charge < -0.3 is 9.80 Å². The lowest BCUT2D eigenvalue weighted by molar-refractivity contribution is 0.0747. The Kier molecular flexibility index (Phi) is 6.74. The minimum atomic E-state index is -0.0347. The molecule has 9 heteroatoms. The highest BCUT2D eigenvalue weighted by molar-refractivity contribution is 6.33. The molecule has 1 saturated carbocycles. The Bertz CT molecular complexity index is 1440. The topological polar surface area (TPSA) is 67.2 Å². The number of aromatic nitrogens is 4. The molecular weight excluding hydrogens is 507 g/mol. The second-order valence-corrected chi connectivity index (χ2v) is 10.6. The number of hydrogen-bond acceptors (Lipinski definition) is 5. The van der Waals surface area contributed by atoms with E-state index in [0.717, 1.165) is 41.2 Å². The number of anilines is 1. The number of hydrogen-bond donors (Lipinski definition) is 0. The predicted molar refractivity (Wildman–Crippen MR) is 147 cm³/mol. The van der Waals surface area contributed by atoms with Gasteiger partial charge in [-0.3, -0.25) is 4.79 Å². The molecule has 0 bridgehead atoms. The van der Waals surface area contributed by atoms with Crippen LogP contribution in [0.3, 0.4) is 0 Å². The molecule has 1 aliphatic heterocycles. The first-order valence-corrected chi connectivity index (χ1v) is 13.6. The van der Waals surface area contributed by atoms with Gasteiger partial charge in [-0.15, -0.1) is 0 Å². The number of nitrogens with zero attached hydrogens (tertiary/aromatic N) is 6. The predicted octanol–water partition coefficient (Wildman–Crippen LogP) is 6.13. The van der Waals surface area contributed by atoms with Crippen LogP contribution in [0.4, 0.5) is 5.82 Å². The molecule has 2 aliphatic rings. The first-order valence-electron chi connectivity index (χ1n) is 12.9. The molecule has 1 saturated heterocycles. The van der Waals surface area contributed by atoms with Gasteiger partial charge in [0, 0.05) is 32.1 Å². The zero-order valence-electron chi connectivity index (χ0n) is 20.5. The van der Waals surface area contributed by atoms with E-state index in [-0.39, 0.29) is 5.91 Å². The summed E-state index contributed by atoms with van der Waals surface area (Å²) in [7, 11) is 0. The van der Waals surface area contributed by atoms with Crippen molar-refractivity contribution in [2.24, 2.45) is 0 Å². The third-order valence-electron chi connectivity index (χ3n) is 7.45. The maximum Gasteiger partial charge on any atom is 0.255 e. The summed E-state index contributed by atoms with van der Waals surface area (Å²) in [6.45, 7) is 2.52. The maximum absolute atomic E-state index is 13.1. The van der Waals surface area contributed by atoms with Crippen LogP contribution in [0.2, 0.25) is 10.0 Å². The van der Waals surface area contributed by atoms with Crippen LogP contribution in [0.1, 0.15) is 54.2 Å². The molecule has 0 atom stereocenters. The summed E-state index contributed by atoms with van der Waals surface area (Å²) >= 11 is 12.8. The molecule has 0 spiro atoms. The molecule has 2 aromatic carbocycles. The average molecular weight is 535 g/mol. The number of carbonyl (C=O) groups is 1. The van der Waals surface area contributed by atoms with Crippen molar-refractivity contribution in [3.8, 4) is 5.69 Å². The summed E-state index contributed by atoms with van der Waals surface area (Å²) in [6.07, 6.45) is 7.71. The maximum atomic E-state index is 13.1. The molecule has 1 aliphatic carbocycles. The van der Waals surface area contributed by atoms with Crippen molar-refractivity contribution in [1.29, 1.82) is 0 Å². The van der Waals surface area contributed by atoms with Crippen LogP contribution in [0.15, 0.2) is 54.7 Å². The SMILES string of the molecule is O=C(c1ccccc1Cl)N1CCN(c2nc(C3CCCCC3)nc3c2cnn3-c2ccccc2Cl)CC1. The van der Waals surface area contributed by atoms with E-state index in [2.05, 4.69) is 10.00 Å². The van der Waals surface area contributed by atoms with Gasteiger partial charge in [-0.1, -0.05) is 66.7 Å². The van der Waals surface area contributed by atoms with Crippen molar-refractivity contribution in [1.82, 2.24) is 24.6 Å². The zero-order valence-corrected chi connectivity index (χ0v) is 22.0. The number of halogens is 2. The molecule has 0 radical (unpaired) electrons. The Hall–Kier alpha value is -3.16. The third kappa shape index (κ3) is 4.66. The molecule has 4 aromatic rings. The van der Waals surface area contributed by atoms with Crippen LogP contribution in [0, 0.1) is 0 Å². The molecule has 6 rings (SSSR count). The summed E-state index contributed by atoms with van der Waals surface area (Å²) in [4.78, 5) is 27.4. The molecular formula is C28H28Cl2N6O. The summed E-state index contributed by atoms with van der Waals surface area (Å²) in [5, 5.41) is 6.68. The first kappa shape index (κ1) is 24.2. The third-order valence-corrected chi connectivity index (χ3v) is 8.10. The fraction of sp³-hybridized carbons (Fsp3) is 0.357. The average Bonchev–Trinajstić information content (AvgIpc) is 3.37. The molecule has 0 N–H and O–H groups in total. The summed E-state index contributed by atoms with van der Waals surface area (Å²) in [6, 6.07) is 14.9. The van der Waals surface area contributed by atoms with E-state index in [9.17, 15) is 4.79 Å². The monoisotopic (exact) mass is 534 g/mol. The Balaban J connectivity index is 1.34. The van der Waals surface area contributed by atoms with Gasteiger partial charge in [-0.25, -0.2) is 14.6 Å². The standard InChI is InChI=1S/C28H28Cl2N6O/c29-22-11-5-4-10-20(22)28(37)35-16-14-34(15-17-35)26-21-18-31-36(24-13-7-6-12-23(24)30)27(21)33-25(32-26)19-8-2-1-3-9-19/h4-7,10-13,18-19H,1-3,8-9,14-17H2. The van der Waals surface area contributed by atoms with Gasteiger partial charge in [0.05, 0.1) is 32.9 Å². The lowest BCUT2D eigenvalue weighted by Gasteiger charge is -2.36. The van der Waals surface area contributed by atoms with Crippen LogP contribution < -0.4 is 4.90 Å². The van der Waals surface area contributed by atoms with Crippen LogP contribution in [0.25, 0.3) is 16.7 Å². The fourth-order valence-electron chi connectivity index (χ4n) is 5.42. The Labute approximate surface area is 226 Å². The van der Waals surface area contributed by atoms with Crippen LogP contribution in [-0.4, -0.2) is 56.7 Å². The zero-order chi connectivity index (χ0) is 25.4. The van der Waals surface area contributed by atoms with Crippen molar-refractivity contribution >= 4 is 46.0 Å². The number of rotatable bonds is 4. The van der Waals surface area contributed by atoms with E-state index < -0.39 is 0 Å². The Morgan fingerprint density at radius 3 is 2.27 bits per heavy atom. The highest BCUT2D eigenvalue weighted by Gasteiger charge is 2.28. The van der Waals surface area contributed by atoms with Crippen molar-refractivity contribution in [3.05, 3.63) is 76.2 Å². The number of fused-ring (bicyclic) bond motifs is 1. The van der Waals surface area contributed by atoms with Crippen molar-refractivity contribution in [2.75, 3.05) is 31.1 Å². The molecule has 1 amide bonds. The number of carbonyl (C=O) groups excluding carboxylic acids is 1. The summed E-state index contributed by atoms with van der Waals surface area (Å²) < 4.78 is 1.83. The van der Waals surface area contributed by atoms with E-state index in [1.54, 1.807) is 12.1 Å². The molecule has 3 heterocycles.